The molecule has 330 valence electrons. The van der Waals surface area contributed by atoms with E-state index in [1.807, 2.05) is 109 Å². The van der Waals surface area contributed by atoms with Gasteiger partial charge in [0.25, 0.3) is 14.1 Å². The van der Waals surface area contributed by atoms with Crippen LogP contribution in [0.25, 0.3) is 11.2 Å². The molecule has 4 aromatic carbocycles. The fourth-order valence-electron chi connectivity index (χ4n) is 7.96. The molecule has 3 N–H and O–H groups in total. The molecule has 3 heterocycles. The zero-order chi connectivity index (χ0) is 44.5. The fraction of sp³-hybridized carbons (Fsp3) is 0.362. The second-order valence-electron chi connectivity index (χ2n) is 15.6. The predicted octanol–water partition coefficient (Wildman–Crippen LogP) is 8.00. The Morgan fingerprint density at radius 1 is 0.873 bits per heavy atom. The predicted molar refractivity (Wildman–Crippen MR) is 242 cm³/mol. The van der Waals surface area contributed by atoms with Gasteiger partial charge in [0, 0.05) is 25.0 Å². The van der Waals surface area contributed by atoms with E-state index in [2.05, 4.69) is 53.7 Å². The number of anilines is 1. The number of benzene rings is 4. The molecule has 6 aromatic rings. The summed E-state index contributed by atoms with van der Waals surface area (Å²) in [6.07, 6.45) is -2.06. The molecule has 0 spiro atoms. The summed E-state index contributed by atoms with van der Waals surface area (Å²) in [5, 5.41) is 12.6. The van der Waals surface area contributed by atoms with E-state index in [1.165, 1.54) is 4.57 Å². The van der Waals surface area contributed by atoms with Crippen LogP contribution in [-0.4, -0.2) is 75.9 Å². The highest BCUT2D eigenvalue weighted by molar-refractivity contribution is 7.44. The van der Waals surface area contributed by atoms with Crippen LogP contribution >= 0.6 is 8.53 Å². The summed E-state index contributed by atoms with van der Waals surface area (Å²) in [7, 11) is 1.50. The van der Waals surface area contributed by atoms with Crippen LogP contribution in [0.15, 0.2) is 119 Å². The van der Waals surface area contributed by atoms with Crippen molar-refractivity contribution in [2.45, 2.75) is 83.2 Å². The van der Waals surface area contributed by atoms with E-state index in [4.69, 9.17) is 33.0 Å². The fourth-order valence-corrected chi connectivity index (χ4v) is 9.71. The zero-order valence-corrected chi connectivity index (χ0v) is 37.2. The minimum atomic E-state index is -1.75. The number of ether oxygens (including phenoxy) is 4. The third-order valence-electron chi connectivity index (χ3n) is 10.9. The Hall–Kier alpha value is -5.85. The van der Waals surface area contributed by atoms with Gasteiger partial charge in [0.1, 0.15) is 29.4 Å². The summed E-state index contributed by atoms with van der Waals surface area (Å²) >= 11 is 0. The van der Waals surface area contributed by atoms with Crippen molar-refractivity contribution in [2.75, 3.05) is 32.8 Å². The lowest BCUT2D eigenvalue weighted by Gasteiger charge is -2.39. The molecule has 63 heavy (non-hydrogen) atoms. The third-order valence-corrected chi connectivity index (χ3v) is 13.0. The largest absolute Gasteiger partial charge is 0.497 e. The van der Waals surface area contributed by atoms with Gasteiger partial charge in [-0.25, -0.2) is 14.0 Å². The monoisotopic (exact) mass is 875 g/mol. The van der Waals surface area contributed by atoms with Gasteiger partial charge in [0.15, 0.2) is 11.2 Å². The number of hydrogen-bond donors (Lipinski definition) is 3. The van der Waals surface area contributed by atoms with E-state index in [0.717, 1.165) is 22.3 Å². The lowest BCUT2D eigenvalue weighted by Crippen LogP contribution is -2.39. The zero-order valence-electron chi connectivity index (χ0n) is 36.3. The second-order valence-corrected chi connectivity index (χ2v) is 17.0. The maximum Gasteiger partial charge on any atom is 0.329 e. The number of nitrogens with one attached hydrogen (secondary N) is 3. The standard InChI is InChI=1S/C47H54N7O8P/c1-31(2)54(32(3)4)63(60-27-13-26-48)62-39-28-41(53-43-42(50-46(53)56)44(55)52-45(51-43)49-29-33-14-9-7-10-15-33)61-40(39)30-59-47(34-16-11-8-12-17-34,35-18-22-37(57-5)23-19-35)36-20-24-38(58-6)25-21-36/h7-12,14-25,31-32,39-41H,13,27-30H2,1-6H3,(H,50,56)(H2,49,51,52,55)/t39-,40+,41+,63?/m0/s1. The van der Waals surface area contributed by atoms with Gasteiger partial charge in [-0.05, 0) is 74.2 Å². The number of aromatic nitrogens is 4. The van der Waals surface area contributed by atoms with E-state index < -0.39 is 43.8 Å². The van der Waals surface area contributed by atoms with Gasteiger partial charge in [-0.1, -0.05) is 84.9 Å². The molecule has 7 rings (SSSR count). The molecule has 0 radical (unpaired) electrons. The molecule has 1 saturated heterocycles. The maximum absolute atomic E-state index is 13.9. The Balaban J connectivity index is 1.31. The molecule has 15 nitrogen and oxygen atoms in total. The highest BCUT2D eigenvalue weighted by atomic mass is 31.2. The van der Waals surface area contributed by atoms with E-state index in [9.17, 15) is 14.9 Å². The molecule has 0 saturated carbocycles. The maximum atomic E-state index is 13.9. The number of rotatable bonds is 20. The van der Waals surface area contributed by atoms with Crippen LogP contribution < -0.4 is 26.0 Å². The van der Waals surface area contributed by atoms with Crippen molar-refractivity contribution in [3.63, 3.8) is 0 Å². The highest BCUT2D eigenvalue weighted by Crippen LogP contribution is 2.51. The number of aromatic amines is 2. The molecule has 4 atom stereocenters. The van der Waals surface area contributed by atoms with Gasteiger partial charge in [-0.3, -0.25) is 14.8 Å². The number of H-pyrrole nitrogens is 2. The summed E-state index contributed by atoms with van der Waals surface area (Å²) in [5.41, 5.74) is 1.36. The van der Waals surface area contributed by atoms with Gasteiger partial charge < -0.3 is 33.3 Å². The van der Waals surface area contributed by atoms with E-state index in [1.54, 1.807) is 14.2 Å². The first-order valence-corrected chi connectivity index (χ1v) is 22.1. The minimum Gasteiger partial charge on any atom is -0.497 e. The smallest absolute Gasteiger partial charge is 0.329 e. The van der Waals surface area contributed by atoms with Gasteiger partial charge in [0.2, 0.25) is 5.95 Å². The Bertz CT molecular complexity index is 2500. The SMILES string of the molecule is COc1ccc(C(OC[C@H]2O[C@@H](n3c(=O)[nH]c4c(=O)[nH]c(NCc5ccccc5)nc43)C[C@@H]2OP(OCCC#N)N(C(C)C)C(C)C)(c2ccccc2)c2ccc(OC)cc2)cc1. The quantitative estimate of drug-likeness (QED) is 0.0383. The summed E-state index contributed by atoms with van der Waals surface area (Å²) in [6, 6.07) is 37.3. The van der Waals surface area contributed by atoms with Crippen molar-refractivity contribution in [3.8, 4) is 17.6 Å². The average molecular weight is 876 g/mol. The molecule has 0 aliphatic carbocycles. The van der Waals surface area contributed by atoms with E-state index in [0.29, 0.717) is 18.0 Å². The van der Waals surface area contributed by atoms with Gasteiger partial charge in [-0.15, -0.1) is 0 Å². The molecular weight excluding hydrogens is 822 g/mol. The number of nitrogens with zero attached hydrogens (tertiary/aromatic N) is 4. The van der Waals surface area contributed by atoms with Crippen LogP contribution in [0.2, 0.25) is 0 Å². The molecule has 0 amide bonds. The number of hydrogen-bond acceptors (Lipinski definition) is 12. The number of imidazole rings is 1. The first-order valence-electron chi connectivity index (χ1n) is 21.0. The number of nitriles is 1. The molecular formula is C47H54N7O8P. The summed E-state index contributed by atoms with van der Waals surface area (Å²) < 4.78 is 42.2. The number of fused-ring (bicyclic) bond motifs is 1. The summed E-state index contributed by atoms with van der Waals surface area (Å²) in [5.74, 6) is 1.57. The van der Waals surface area contributed by atoms with E-state index in [-0.39, 0.29) is 55.3 Å². The third kappa shape index (κ3) is 10.0. The second kappa shape index (κ2) is 20.6. The minimum absolute atomic E-state index is 0.0148. The summed E-state index contributed by atoms with van der Waals surface area (Å²) in [4.78, 5) is 37.5. The molecule has 1 fully saturated rings. The van der Waals surface area contributed by atoms with Gasteiger partial charge in [-0.2, -0.15) is 10.2 Å². The van der Waals surface area contributed by atoms with Crippen LogP contribution in [0.3, 0.4) is 0 Å². The van der Waals surface area contributed by atoms with Crippen LogP contribution in [-0.2, 0) is 30.7 Å². The van der Waals surface area contributed by atoms with Gasteiger partial charge in [0.05, 0.1) is 46.0 Å². The first kappa shape index (κ1) is 45.2. The van der Waals surface area contributed by atoms with Crippen molar-refractivity contribution in [3.05, 3.63) is 152 Å². The Kier molecular flexibility index (Phi) is 14.7. The van der Waals surface area contributed by atoms with Gasteiger partial charge >= 0.3 is 5.69 Å². The molecule has 1 unspecified atom stereocenters. The van der Waals surface area contributed by atoms with Crippen molar-refractivity contribution in [1.82, 2.24) is 24.2 Å². The number of methoxy groups -OCH3 is 2. The molecule has 0 bridgehead atoms. The normalized spacial score (nSPS) is 17.0. The van der Waals surface area contributed by atoms with Crippen LogP contribution in [0.5, 0.6) is 11.5 Å². The average Bonchev–Trinajstić information content (AvgIpc) is 3.85. The van der Waals surface area contributed by atoms with Crippen LogP contribution in [0, 0.1) is 11.3 Å². The Labute approximate surface area is 367 Å². The van der Waals surface area contributed by atoms with Crippen molar-refractivity contribution < 1.29 is 28.0 Å². The Morgan fingerprint density at radius 2 is 1.46 bits per heavy atom. The summed E-state index contributed by atoms with van der Waals surface area (Å²) in [6.45, 7) is 8.80. The van der Waals surface area contributed by atoms with Crippen LogP contribution in [0.1, 0.15) is 69.0 Å². The first-order chi connectivity index (χ1) is 30.6. The molecule has 2 aromatic heterocycles. The topological polar surface area (TPSA) is 178 Å². The van der Waals surface area contributed by atoms with E-state index >= 15 is 0 Å². The van der Waals surface area contributed by atoms with Crippen LogP contribution in [0.4, 0.5) is 5.95 Å². The molecule has 1 aliphatic heterocycles. The molecule has 1 aliphatic rings. The lowest BCUT2D eigenvalue weighted by molar-refractivity contribution is -0.0916. The van der Waals surface area contributed by atoms with Crippen molar-refractivity contribution in [2.24, 2.45) is 0 Å². The Morgan fingerprint density at radius 3 is 2.03 bits per heavy atom. The molecule has 16 heteroatoms. The van der Waals surface area contributed by atoms with Crippen molar-refractivity contribution >= 4 is 25.6 Å². The lowest BCUT2D eigenvalue weighted by atomic mass is 9.80. The van der Waals surface area contributed by atoms with Crippen molar-refractivity contribution in [1.29, 1.82) is 5.26 Å². The highest BCUT2D eigenvalue weighted by Gasteiger charge is 2.45.